The summed E-state index contributed by atoms with van der Waals surface area (Å²) in [7, 11) is 0. The number of nitrogens with one attached hydrogen (secondary N) is 1. The lowest BCUT2D eigenvalue weighted by molar-refractivity contribution is -0.122. The van der Waals surface area contributed by atoms with E-state index in [9.17, 15) is 9.18 Å². The van der Waals surface area contributed by atoms with Gasteiger partial charge < -0.3 is 5.32 Å². The Balaban J connectivity index is 1.44. The molecule has 3 heteroatoms. The van der Waals surface area contributed by atoms with Crippen molar-refractivity contribution < 1.29 is 9.18 Å². The fourth-order valence-corrected chi connectivity index (χ4v) is 4.09. The van der Waals surface area contributed by atoms with Gasteiger partial charge in [-0.05, 0) is 59.9 Å². The third-order valence-electron chi connectivity index (χ3n) is 5.24. The second kappa shape index (κ2) is 5.80. The zero-order chi connectivity index (χ0) is 15.8. The molecule has 0 aliphatic heterocycles. The highest BCUT2D eigenvalue weighted by molar-refractivity contribution is 5.78. The van der Waals surface area contributed by atoms with Gasteiger partial charge in [0.15, 0.2) is 0 Å². The Bertz CT molecular complexity index is 755. The van der Waals surface area contributed by atoms with E-state index in [1.165, 1.54) is 17.2 Å². The fraction of sp³-hybridized carbons (Fsp3) is 0.350. The molecule has 2 aliphatic carbocycles. The van der Waals surface area contributed by atoms with Gasteiger partial charge in [0.2, 0.25) is 5.91 Å². The summed E-state index contributed by atoms with van der Waals surface area (Å²) in [5.41, 5.74) is 4.41. The van der Waals surface area contributed by atoms with Crippen molar-refractivity contribution in [2.45, 2.75) is 44.1 Å². The van der Waals surface area contributed by atoms with Crippen molar-refractivity contribution in [2.24, 2.45) is 0 Å². The van der Waals surface area contributed by atoms with Crippen molar-refractivity contribution in [3.63, 3.8) is 0 Å². The monoisotopic (exact) mass is 309 g/mol. The summed E-state index contributed by atoms with van der Waals surface area (Å²) in [6.07, 6.45) is 4.13. The molecule has 1 N–H and O–H groups in total. The zero-order valence-electron chi connectivity index (χ0n) is 13.0. The van der Waals surface area contributed by atoms with Crippen LogP contribution >= 0.6 is 0 Å². The molecule has 118 valence electrons. The molecule has 4 rings (SSSR count). The van der Waals surface area contributed by atoms with Crippen molar-refractivity contribution in [2.75, 3.05) is 0 Å². The van der Waals surface area contributed by atoms with E-state index < -0.39 is 0 Å². The maximum absolute atomic E-state index is 13.8. The molecule has 2 atom stereocenters. The van der Waals surface area contributed by atoms with E-state index in [1.807, 2.05) is 12.1 Å². The highest BCUT2D eigenvalue weighted by Crippen LogP contribution is 2.36. The van der Waals surface area contributed by atoms with Crippen LogP contribution in [0.2, 0.25) is 0 Å². The molecule has 2 aliphatic rings. The fourth-order valence-electron chi connectivity index (χ4n) is 4.09. The van der Waals surface area contributed by atoms with E-state index in [0.29, 0.717) is 18.8 Å². The first-order chi connectivity index (χ1) is 11.2. The van der Waals surface area contributed by atoms with Crippen molar-refractivity contribution in [1.29, 1.82) is 0 Å². The van der Waals surface area contributed by atoms with Crippen LogP contribution in [0, 0.1) is 5.82 Å². The number of fused-ring (bicyclic) bond motifs is 2. The molecule has 0 fully saturated rings. The lowest BCUT2D eigenvalue weighted by Gasteiger charge is -2.17. The van der Waals surface area contributed by atoms with Gasteiger partial charge in [-0.1, -0.05) is 36.4 Å². The minimum atomic E-state index is -0.149. The molecule has 0 spiro atoms. The molecule has 2 unspecified atom stereocenters. The van der Waals surface area contributed by atoms with Crippen molar-refractivity contribution in [1.82, 2.24) is 5.32 Å². The summed E-state index contributed by atoms with van der Waals surface area (Å²) in [6.45, 7) is 0. The van der Waals surface area contributed by atoms with Gasteiger partial charge in [0.1, 0.15) is 5.82 Å². The average Bonchev–Trinajstić information content (AvgIpc) is 3.14. The van der Waals surface area contributed by atoms with Crippen LogP contribution in [0.5, 0.6) is 0 Å². The van der Waals surface area contributed by atoms with E-state index in [0.717, 1.165) is 30.4 Å². The third-order valence-corrected chi connectivity index (χ3v) is 5.24. The SMILES string of the molecule is O=C(CC1CCc2ccccc21)NC1CCc2c(F)cccc21. The maximum Gasteiger partial charge on any atom is 0.221 e. The number of hydrogen-bond donors (Lipinski definition) is 1. The van der Waals surface area contributed by atoms with E-state index in [-0.39, 0.29) is 17.8 Å². The van der Waals surface area contributed by atoms with Gasteiger partial charge in [0.25, 0.3) is 0 Å². The maximum atomic E-state index is 13.8. The lowest BCUT2D eigenvalue weighted by Crippen LogP contribution is -2.28. The Hall–Kier alpha value is -2.16. The normalized spacial score (nSPS) is 21.8. The zero-order valence-corrected chi connectivity index (χ0v) is 13.0. The number of carbonyl (C=O) groups is 1. The lowest BCUT2D eigenvalue weighted by atomic mass is 9.97. The molecule has 0 heterocycles. The smallest absolute Gasteiger partial charge is 0.221 e. The Labute approximate surface area is 135 Å². The first kappa shape index (κ1) is 14.4. The van der Waals surface area contributed by atoms with Crippen LogP contribution in [-0.2, 0) is 17.6 Å². The Kier molecular flexibility index (Phi) is 3.64. The summed E-state index contributed by atoms with van der Waals surface area (Å²) >= 11 is 0. The molecule has 23 heavy (non-hydrogen) atoms. The van der Waals surface area contributed by atoms with Gasteiger partial charge in [-0.3, -0.25) is 4.79 Å². The first-order valence-electron chi connectivity index (χ1n) is 8.37. The van der Waals surface area contributed by atoms with Gasteiger partial charge in [0.05, 0.1) is 6.04 Å². The highest BCUT2D eigenvalue weighted by Gasteiger charge is 2.28. The number of hydrogen-bond acceptors (Lipinski definition) is 1. The van der Waals surface area contributed by atoms with Crippen LogP contribution in [0.1, 0.15) is 53.5 Å². The second-order valence-corrected chi connectivity index (χ2v) is 6.60. The summed E-state index contributed by atoms with van der Waals surface area (Å²) in [5.74, 6) is 0.248. The number of benzene rings is 2. The average molecular weight is 309 g/mol. The molecule has 0 saturated carbocycles. The van der Waals surface area contributed by atoms with Crippen LogP contribution in [0.3, 0.4) is 0 Å². The molecular weight excluding hydrogens is 289 g/mol. The van der Waals surface area contributed by atoms with Gasteiger partial charge in [-0.2, -0.15) is 0 Å². The Morgan fingerprint density at radius 2 is 1.87 bits per heavy atom. The van der Waals surface area contributed by atoms with E-state index in [4.69, 9.17) is 0 Å². The number of halogens is 1. The Morgan fingerprint density at radius 3 is 2.78 bits per heavy atom. The third kappa shape index (κ3) is 2.65. The molecule has 0 radical (unpaired) electrons. The number of aryl methyl sites for hydroxylation is 1. The van der Waals surface area contributed by atoms with E-state index in [1.54, 1.807) is 6.07 Å². The number of rotatable bonds is 3. The predicted octanol–water partition coefficient (Wildman–Crippen LogP) is 4.05. The van der Waals surface area contributed by atoms with Gasteiger partial charge >= 0.3 is 0 Å². The molecule has 1 amide bonds. The number of carbonyl (C=O) groups excluding carboxylic acids is 1. The van der Waals surface area contributed by atoms with Crippen LogP contribution in [-0.4, -0.2) is 5.91 Å². The number of amides is 1. The van der Waals surface area contributed by atoms with Gasteiger partial charge in [-0.25, -0.2) is 4.39 Å². The van der Waals surface area contributed by atoms with Crippen LogP contribution in [0.25, 0.3) is 0 Å². The molecule has 2 nitrogen and oxygen atoms in total. The topological polar surface area (TPSA) is 29.1 Å². The molecular formula is C20H20FNO. The molecule has 0 saturated heterocycles. The van der Waals surface area contributed by atoms with E-state index in [2.05, 4.69) is 23.5 Å². The van der Waals surface area contributed by atoms with Crippen LogP contribution in [0.4, 0.5) is 4.39 Å². The quantitative estimate of drug-likeness (QED) is 0.910. The van der Waals surface area contributed by atoms with Crippen molar-refractivity contribution >= 4 is 5.91 Å². The molecule has 2 aromatic rings. The largest absolute Gasteiger partial charge is 0.349 e. The minimum Gasteiger partial charge on any atom is -0.349 e. The standard InChI is InChI=1S/C20H20FNO/c21-18-7-3-6-17-16(18)10-11-19(17)22-20(23)12-14-9-8-13-4-1-2-5-15(13)14/h1-7,14,19H,8-12H2,(H,22,23). The van der Waals surface area contributed by atoms with Gasteiger partial charge in [-0.15, -0.1) is 0 Å². The minimum absolute atomic E-state index is 0.0372. The summed E-state index contributed by atoms with van der Waals surface area (Å²) in [4.78, 5) is 12.5. The summed E-state index contributed by atoms with van der Waals surface area (Å²) in [6, 6.07) is 13.5. The first-order valence-corrected chi connectivity index (χ1v) is 8.37. The van der Waals surface area contributed by atoms with Crippen LogP contribution < -0.4 is 5.32 Å². The summed E-state index contributed by atoms with van der Waals surface area (Å²) in [5, 5.41) is 3.11. The summed E-state index contributed by atoms with van der Waals surface area (Å²) < 4.78 is 13.8. The Morgan fingerprint density at radius 1 is 1.04 bits per heavy atom. The van der Waals surface area contributed by atoms with Crippen molar-refractivity contribution in [3.05, 3.63) is 70.5 Å². The van der Waals surface area contributed by atoms with Crippen LogP contribution in [0.15, 0.2) is 42.5 Å². The molecule has 0 bridgehead atoms. The molecule has 2 aromatic carbocycles. The highest BCUT2D eigenvalue weighted by atomic mass is 19.1. The predicted molar refractivity (Wildman–Crippen MR) is 87.7 cm³/mol. The van der Waals surface area contributed by atoms with Crippen molar-refractivity contribution in [3.8, 4) is 0 Å². The van der Waals surface area contributed by atoms with E-state index >= 15 is 0 Å². The van der Waals surface area contributed by atoms with Gasteiger partial charge in [0, 0.05) is 6.42 Å². The second-order valence-electron chi connectivity index (χ2n) is 6.60. The molecule has 0 aromatic heterocycles.